The van der Waals surface area contributed by atoms with Crippen molar-refractivity contribution in [2.75, 3.05) is 12.3 Å². The monoisotopic (exact) mass is 329 g/mol. The molecule has 0 radical (unpaired) electrons. The molecule has 122 valence electrons. The number of carbonyl (C=O) groups excluding carboxylic acids is 2. The summed E-state index contributed by atoms with van der Waals surface area (Å²) in [6.45, 7) is 5.23. The van der Waals surface area contributed by atoms with Gasteiger partial charge in [-0.25, -0.2) is 9.59 Å². The van der Waals surface area contributed by atoms with E-state index in [1.54, 1.807) is 20.8 Å². The number of amides is 2. The molecule has 9 heteroatoms. The molecule has 0 aromatic heterocycles. The van der Waals surface area contributed by atoms with E-state index in [1.165, 1.54) is 16.7 Å². The van der Waals surface area contributed by atoms with Gasteiger partial charge in [0, 0.05) is 12.3 Å². The molecule has 0 spiro atoms. The summed E-state index contributed by atoms with van der Waals surface area (Å²) in [5, 5.41) is 11.3. The van der Waals surface area contributed by atoms with Crippen molar-refractivity contribution in [3.05, 3.63) is 11.3 Å². The zero-order valence-corrected chi connectivity index (χ0v) is 13.4. The van der Waals surface area contributed by atoms with Gasteiger partial charge in [-0.3, -0.25) is 9.69 Å². The Kier molecular flexibility index (Phi) is 4.39. The molecule has 2 heterocycles. The van der Waals surface area contributed by atoms with Crippen LogP contribution in [0.1, 0.15) is 20.8 Å². The van der Waals surface area contributed by atoms with Crippen LogP contribution in [0.5, 0.6) is 0 Å². The van der Waals surface area contributed by atoms with Crippen LogP contribution in [0.3, 0.4) is 0 Å². The number of nitrogens with one attached hydrogen (secondary N) is 1. The van der Waals surface area contributed by atoms with E-state index in [0.717, 1.165) is 0 Å². The van der Waals surface area contributed by atoms with E-state index in [1.807, 2.05) is 0 Å². The molecule has 1 fully saturated rings. The van der Waals surface area contributed by atoms with E-state index in [9.17, 15) is 19.5 Å². The maximum absolute atomic E-state index is 12.2. The predicted molar refractivity (Wildman–Crippen MR) is 80.0 cm³/mol. The third-order valence-electron chi connectivity index (χ3n) is 3.17. The number of carbonyl (C=O) groups is 3. The van der Waals surface area contributed by atoms with Gasteiger partial charge in [-0.15, -0.1) is 11.8 Å². The molecule has 2 amide bonds. The van der Waals surface area contributed by atoms with Crippen LogP contribution in [-0.2, 0) is 14.3 Å². The number of carboxylic acids is 1. The highest BCUT2D eigenvalue weighted by molar-refractivity contribution is 8.00. The van der Waals surface area contributed by atoms with E-state index in [4.69, 9.17) is 10.5 Å². The third-order valence-corrected chi connectivity index (χ3v) is 4.51. The Bertz CT molecular complexity index is 554. The van der Waals surface area contributed by atoms with Crippen LogP contribution in [0, 0.1) is 0 Å². The summed E-state index contributed by atoms with van der Waals surface area (Å²) in [6, 6.07) is -0.784. The fourth-order valence-electron chi connectivity index (χ4n) is 2.27. The Balaban J connectivity index is 2.10. The summed E-state index contributed by atoms with van der Waals surface area (Å²) in [5.41, 5.74) is 5.30. The molecule has 0 saturated carbocycles. The van der Waals surface area contributed by atoms with Crippen LogP contribution < -0.4 is 11.1 Å². The number of ether oxygens (including phenoxy) is 1. The summed E-state index contributed by atoms with van der Waals surface area (Å²) in [7, 11) is 0. The summed E-state index contributed by atoms with van der Waals surface area (Å²) < 4.78 is 5.11. The number of aliphatic carboxylic acids is 1. The van der Waals surface area contributed by atoms with Gasteiger partial charge >= 0.3 is 12.1 Å². The van der Waals surface area contributed by atoms with Crippen molar-refractivity contribution < 1.29 is 24.2 Å². The van der Waals surface area contributed by atoms with Crippen molar-refractivity contribution in [1.29, 1.82) is 0 Å². The number of thioether (sulfide) groups is 1. The van der Waals surface area contributed by atoms with Gasteiger partial charge in [-0.2, -0.15) is 0 Å². The molecule has 1 saturated heterocycles. The van der Waals surface area contributed by atoms with Gasteiger partial charge in [-0.1, -0.05) is 0 Å². The SMILES string of the molecule is CC(C)(C)OC(=O)NC1C(=O)N2C(C(=O)O)=C(CN)CS[C@@H]12. The van der Waals surface area contributed by atoms with Gasteiger partial charge in [0.25, 0.3) is 5.91 Å². The van der Waals surface area contributed by atoms with Gasteiger partial charge in [0.1, 0.15) is 22.7 Å². The molecule has 1 unspecified atom stereocenters. The predicted octanol–water partition coefficient (Wildman–Crippen LogP) is 0.0922. The Hall–Kier alpha value is -1.74. The molecular formula is C13H19N3O5S. The molecule has 0 aliphatic carbocycles. The zero-order valence-electron chi connectivity index (χ0n) is 12.6. The number of carboxylic acid groups (broad SMARTS) is 1. The van der Waals surface area contributed by atoms with Gasteiger partial charge in [0.15, 0.2) is 0 Å². The summed E-state index contributed by atoms with van der Waals surface area (Å²) in [5.74, 6) is -1.24. The number of nitrogens with zero attached hydrogens (tertiary/aromatic N) is 1. The lowest BCUT2D eigenvalue weighted by molar-refractivity contribution is -0.149. The molecule has 8 nitrogen and oxygen atoms in total. The van der Waals surface area contributed by atoms with E-state index in [0.29, 0.717) is 11.3 Å². The van der Waals surface area contributed by atoms with Crippen LogP contribution in [0.4, 0.5) is 4.79 Å². The number of β-lactam (4-membered cyclic amide) rings is 1. The molecule has 22 heavy (non-hydrogen) atoms. The van der Waals surface area contributed by atoms with E-state index in [-0.39, 0.29) is 12.2 Å². The average Bonchev–Trinajstić information content (AvgIpc) is 2.40. The second-order valence-electron chi connectivity index (χ2n) is 6.00. The van der Waals surface area contributed by atoms with Crippen LogP contribution in [0.15, 0.2) is 11.3 Å². The average molecular weight is 329 g/mol. The topological polar surface area (TPSA) is 122 Å². The Labute approximate surface area is 132 Å². The lowest BCUT2D eigenvalue weighted by Crippen LogP contribution is -2.70. The molecular weight excluding hydrogens is 310 g/mol. The Morgan fingerprint density at radius 2 is 2.14 bits per heavy atom. The molecule has 2 atom stereocenters. The maximum atomic E-state index is 12.2. The van der Waals surface area contributed by atoms with Crippen LogP contribution >= 0.6 is 11.8 Å². The molecule has 2 rings (SSSR count). The van der Waals surface area contributed by atoms with Crippen molar-refractivity contribution in [2.24, 2.45) is 5.73 Å². The minimum Gasteiger partial charge on any atom is -0.477 e. The number of rotatable bonds is 3. The molecule has 4 N–H and O–H groups in total. The van der Waals surface area contributed by atoms with Crippen LogP contribution in [0.25, 0.3) is 0 Å². The molecule has 0 aromatic carbocycles. The quantitative estimate of drug-likeness (QED) is 0.627. The highest BCUT2D eigenvalue weighted by Gasteiger charge is 2.54. The van der Waals surface area contributed by atoms with Crippen molar-refractivity contribution in [2.45, 2.75) is 37.8 Å². The number of hydrogen-bond donors (Lipinski definition) is 3. The van der Waals surface area contributed by atoms with E-state index in [2.05, 4.69) is 5.32 Å². The third kappa shape index (κ3) is 3.05. The van der Waals surface area contributed by atoms with Crippen molar-refractivity contribution in [3.63, 3.8) is 0 Å². The van der Waals surface area contributed by atoms with Crippen molar-refractivity contribution in [3.8, 4) is 0 Å². The fraction of sp³-hybridized carbons (Fsp3) is 0.615. The first kappa shape index (κ1) is 16.6. The second kappa shape index (κ2) is 5.81. The number of hydrogen-bond acceptors (Lipinski definition) is 6. The number of alkyl carbamates (subject to hydrolysis) is 1. The van der Waals surface area contributed by atoms with Gasteiger partial charge < -0.3 is 20.9 Å². The highest BCUT2D eigenvalue weighted by Crippen LogP contribution is 2.40. The Morgan fingerprint density at radius 1 is 1.50 bits per heavy atom. The summed E-state index contributed by atoms with van der Waals surface area (Å²) >= 11 is 1.37. The highest BCUT2D eigenvalue weighted by atomic mass is 32.2. The number of nitrogens with two attached hydrogens (primary N) is 1. The minimum atomic E-state index is -1.19. The van der Waals surface area contributed by atoms with Crippen molar-refractivity contribution >= 4 is 29.7 Å². The first-order valence-electron chi connectivity index (χ1n) is 6.75. The largest absolute Gasteiger partial charge is 0.477 e. The number of fused-ring (bicyclic) bond motifs is 1. The fourth-order valence-corrected chi connectivity index (χ4v) is 3.64. The van der Waals surface area contributed by atoms with E-state index < -0.39 is 35.0 Å². The lowest BCUT2D eigenvalue weighted by atomic mass is 10.0. The molecule has 0 bridgehead atoms. The molecule has 2 aliphatic rings. The summed E-state index contributed by atoms with van der Waals surface area (Å²) in [6.07, 6.45) is -0.698. The molecule has 0 aromatic rings. The van der Waals surface area contributed by atoms with Crippen LogP contribution in [-0.4, -0.2) is 57.3 Å². The first-order chi connectivity index (χ1) is 10.2. The minimum absolute atomic E-state index is 0.0708. The van der Waals surface area contributed by atoms with E-state index >= 15 is 0 Å². The smallest absolute Gasteiger partial charge is 0.408 e. The standard InChI is InChI=1S/C13H19N3O5S/c1-13(2,3)21-12(20)15-7-9(17)16-8(11(18)19)6(4-14)5-22-10(7)16/h7,10H,4-5,14H2,1-3H3,(H,15,20)(H,18,19)/t7?,10-/m0/s1. The first-order valence-corrected chi connectivity index (χ1v) is 7.80. The zero-order chi connectivity index (χ0) is 16.7. The second-order valence-corrected chi connectivity index (χ2v) is 7.10. The lowest BCUT2D eigenvalue weighted by Gasteiger charge is -2.49. The van der Waals surface area contributed by atoms with Crippen LogP contribution in [0.2, 0.25) is 0 Å². The van der Waals surface area contributed by atoms with Gasteiger partial charge in [-0.05, 0) is 26.3 Å². The van der Waals surface area contributed by atoms with Crippen molar-refractivity contribution in [1.82, 2.24) is 10.2 Å². The summed E-state index contributed by atoms with van der Waals surface area (Å²) in [4.78, 5) is 36.5. The van der Waals surface area contributed by atoms with Gasteiger partial charge in [0.05, 0.1) is 0 Å². The molecule has 2 aliphatic heterocycles. The maximum Gasteiger partial charge on any atom is 0.408 e. The Morgan fingerprint density at radius 3 is 2.64 bits per heavy atom. The normalized spacial score (nSPS) is 24.5. The van der Waals surface area contributed by atoms with Gasteiger partial charge in [0.2, 0.25) is 0 Å².